The molecule has 0 radical (unpaired) electrons. The number of rotatable bonds is 4. The number of benzene rings is 1. The Morgan fingerprint density at radius 3 is 3.11 bits per heavy atom. The van der Waals surface area contributed by atoms with E-state index < -0.39 is 17.7 Å². The Bertz CT molecular complexity index is 507. The summed E-state index contributed by atoms with van der Waals surface area (Å²) in [5.41, 5.74) is 0.957. The lowest BCUT2D eigenvalue weighted by molar-refractivity contribution is -0.146. The van der Waals surface area contributed by atoms with Crippen LogP contribution >= 0.6 is 11.8 Å². The summed E-state index contributed by atoms with van der Waals surface area (Å²) in [5.74, 6) is -1.12. The lowest BCUT2D eigenvalue weighted by atomic mass is 9.90. The van der Waals surface area contributed by atoms with Crippen molar-refractivity contribution in [2.75, 3.05) is 23.9 Å². The summed E-state index contributed by atoms with van der Waals surface area (Å²) in [7, 11) is 0. The van der Waals surface area contributed by atoms with Crippen LogP contribution in [0.3, 0.4) is 0 Å². The van der Waals surface area contributed by atoms with Gasteiger partial charge in [-0.1, -0.05) is 6.07 Å². The predicted octanol–water partition coefficient (Wildman–Crippen LogP) is 2.16. The summed E-state index contributed by atoms with van der Waals surface area (Å²) in [4.78, 5) is 23.5. The molecule has 1 unspecified atom stereocenters. The standard InChI is InChI=1S/C13H14FNO3S/c1-19-5-4-18-13(17)10-7-12(16)15-11-6-8(14)2-3-9(10)11/h2-3,6,10H,4-5,7H2,1H3,(H,15,16). The molecule has 1 amide bonds. The number of thioether (sulfide) groups is 1. The number of carbonyl (C=O) groups is 2. The smallest absolute Gasteiger partial charge is 0.314 e. The average Bonchev–Trinajstić information content (AvgIpc) is 2.37. The van der Waals surface area contributed by atoms with E-state index in [-0.39, 0.29) is 12.3 Å². The van der Waals surface area contributed by atoms with Crippen LogP contribution in [0.15, 0.2) is 18.2 Å². The summed E-state index contributed by atoms with van der Waals surface area (Å²) in [6, 6.07) is 4.01. The number of anilines is 1. The Kier molecular flexibility index (Phi) is 4.42. The third-order valence-corrected chi connectivity index (χ3v) is 3.45. The minimum absolute atomic E-state index is 0.0384. The SMILES string of the molecule is CSCCOC(=O)C1CC(=O)Nc2cc(F)ccc21. The molecule has 1 aliphatic rings. The number of amides is 1. The molecule has 19 heavy (non-hydrogen) atoms. The van der Waals surface area contributed by atoms with E-state index in [9.17, 15) is 14.0 Å². The summed E-state index contributed by atoms with van der Waals surface area (Å²) in [5, 5.41) is 2.56. The zero-order valence-corrected chi connectivity index (χ0v) is 11.3. The highest BCUT2D eigenvalue weighted by Gasteiger charge is 2.31. The summed E-state index contributed by atoms with van der Waals surface area (Å²) in [6.07, 6.45) is 1.96. The van der Waals surface area contributed by atoms with E-state index >= 15 is 0 Å². The van der Waals surface area contributed by atoms with Gasteiger partial charge in [-0.15, -0.1) is 0 Å². The lowest BCUT2D eigenvalue weighted by Gasteiger charge is -2.24. The third-order valence-electron chi connectivity index (χ3n) is 2.87. The average molecular weight is 283 g/mol. The molecule has 1 atom stereocenters. The largest absolute Gasteiger partial charge is 0.464 e. The van der Waals surface area contributed by atoms with Gasteiger partial charge < -0.3 is 10.1 Å². The minimum atomic E-state index is -0.647. The molecule has 1 aliphatic heterocycles. The van der Waals surface area contributed by atoms with E-state index in [4.69, 9.17) is 4.74 Å². The van der Waals surface area contributed by atoms with Crippen LogP contribution in [0.5, 0.6) is 0 Å². The number of nitrogens with one attached hydrogen (secondary N) is 1. The van der Waals surface area contributed by atoms with E-state index in [0.717, 1.165) is 0 Å². The van der Waals surface area contributed by atoms with E-state index in [1.807, 2.05) is 6.26 Å². The topological polar surface area (TPSA) is 55.4 Å². The van der Waals surface area contributed by atoms with Gasteiger partial charge in [-0.05, 0) is 24.0 Å². The Labute approximate surface area is 114 Å². The van der Waals surface area contributed by atoms with Gasteiger partial charge in [0.2, 0.25) is 5.91 Å². The monoisotopic (exact) mass is 283 g/mol. The Morgan fingerprint density at radius 1 is 1.58 bits per heavy atom. The predicted molar refractivity (Wildman–Crippen MR) is 71.7 cm³/mol. The Balaban J connectivity index is 2.18. The van der Waals surface area contributed by atoms with Crippen molar-refractivity contribution in [3.63, 3.8) is 0 Å². The van der Waals surface area contributed by atoms with Gasteiger partial charge in [0.15, 0.2) is 0 Å². The molecule has 1 aromatic rings. The van der Waals surface area contributed by atoms with Crippen molar-refractivity contribution in [1.82, 2.24) is 0 Å². The first-order valence-electron chi connectivity index (χ1n) is 5.86. The number of halogens is 1. The van der Waals surface area contributed by atoms with Crippen molar-refractivity contribution >= 4 is 29.3 Å². The maximum absolute atomic E-state index is 13.1. The number of fused-ring (bicyclic) bond motifs is 1. The number of hydrogen-bond acceptors (Lipinski definition) is 4. The maximum atomic E-state index is 13.1. The summed E-state index contributed by atoms with van der Waals surface area (Å²) in [6.45, 7) is 0.314. The molecule has 0 saturated heterocycles. The van der Waals surface area contributed by atoms with Crippen LogP contribution in [-0.4, -0.2) is 30.5 Å². The molecule has 0 aromatic heterocycles. The van der Waals surface area contributed by atoms with Gasteiger partial charge in [0.1, 0.15) is 12.4 Å². The normalized spacial score (nSPS) is 17.6. The molecule has 1 aromatic carbocycles. The molecule has 1 heterocycles. The zero-order valence-electron chi connectivity index (χ0n) is 10.4. The van der Waals surface area contributed by atoms with Crippen molar-refractivity contribution < 1.29 is 18.7 Å². The first-order chi connectivity index (χ1) is 9.11. The van der Waals surface area contributed by atoms with Crippen LogP contribution in [-0.2, 0) is 14.3 Å². The van der Waals surface area contributed by atoms with E-state index in [1.54, 1.807) is 11.8 Å². The lowest BCUT2D eigenvalue weighted by Crippen LogP contribution is -2.29. The van der Waals surface area contributed by atoms with E-state index in [2.05, 4.69) is 5.32 Å². The van der Waals surface area contributed by atoms with Crippen LogP contribution in [0.25, 0.3) is 0 Å². The Hall–Kier alpha value is -1.56. The quantitative estimate of drug-likeness (QED) is 0.679. The van der Waals surface area contributed by atoms with Crippen LogP contribution < -0.4 is 5.32 Å². The van der Waals surface area contributed by atoms with Gasteiger partial charge in [-0.3, -0.25) is 9.59 Å². The second kappa shape index (κ2) is 6.06. The van der Waals surface area contributed by atoms with E-state index in [1.165, 1.54) is 18.2 Å². The number of hydrogen-bond donors (Lipinski definition) is 1. The molecule has 0 bridgehead atoms. The molecular formula is C13H14FNO3S. The van der Waals surface area contributed by atoms with Gasteiger partial charge in [0.25, 0.3) is 0 Å². The fourth-order valence-corrected chi connectivity index (χ4v) is 2.22. The molecule has 0 fully saturated rings. The molecule has 4 nitrogen and oxygen atoms in total. The Morgan fingerprint density at radius 2 is 2.37 bits per heavy atom. The van der Waals surface area contributed by atoms with Gasteiger partial charge in [-0.25, -0.2) is 4.39 Å². The number of ether oxygens (including phenoxy) is 1. The van der Waals surface area contributed by atoms with Crippen molar-refractivity contribution in [2.24, 2.45) is 0 Å². The fourth-order valence-electron chi connectivity index (χ4n) is 1.97. The van der Waals surface area contributed by atoms with Gasteiger partial charge in [0.05, 0.1) is 5.92 Å². The van der Waals surface area contributed by atoms with Gasteiger partial charge in [0, 0.05) is 17.9 Å². The van der Waals surface area contributed by atoms with Crippen molar-refractivity contribution in [1.29, 1.82) is 0 Å². The second-order valence-electron chi connectivity index (χ2n) is 4.20. The summed E-state index contributed by atoms with van der Waals surface area (Å²) >= 11 is 1.57. The van der Waals surface area contributed by atoms with Crippen LogP contribution in [0, 0.1) is 5.82 Å². The molecule has 0 aliphatic carbocycles. The highest BCUT2D eigenvalue weighted by molar-refractivity contribution is 7.98. The van der Waals surface area contributed by atoms with E-state index in [0.29, 0.717) is 23.6 Å². The van der Waals surface area contributed by atoms with Crippen molar-refractivity contribution in [3.8, 4) is 0 Å². The maximum Gasteiger partial charge on any atom is 0.314 e. The second-order valence-corrected chi connectivity index (χ2v) is 5.18. The van der Waals surface area contributed by atoms with Crippen LogP contribution in [0.4, 0.5) is 10.1 Å². The highest BCUT2D eigenvalue weighted by atomic mass is 32.2. The molecule has 6 heteroatoms. The molecule has 1 N–H and O–H groups in total. The molecule has 0 saturated carbocycles. The fraction of sp³-hybridized carbons (Fsp3) is 0.385. The van der Waals surface area contributed by atoms with Gasteiger partial charge in [-0.2, -0.15) is 11.8 Å². The first-order valence-corrected chi connectivity index (χ1v) is 7.26. The minimum Gasteiger partial charge on any atom is -0.464 e. The number of esters is 1. The van der Waals surface area contributed by atoms with Crippen molar-refractivity contribution in [3.05, 3.63) is 29.6 Å². The van der Waals surface area contributed by atoms with Crippen LogP contribution in [0.2, 0.25) is 0 Å². The third kappa shape index (κ3) is 3.26. The first kappa shape index (κ1) is 13.9. The van der Waals surface area contributed by atoms with Crippen LogP contribution in [0.1, 0.15) is 17.9 Å². The molecule has 2 rings (SSSR count). The van der Waals surface area contributed by atoms with Gasteiger partial charge >= 0.3 is 5.97 Å². The number of carbonyl (C=O) groups excluding carboxylic acids is 2. The molecule has 102 valence electrons. The van der Waals surface area contributed by atoms with Crippen molar-refractivity contribution in [2.45, 2.75) is 12.3 Å². The zero-order chi connectivity index (χ0) is 13.8. The summed E-state index contributed by atoms with van der Waals surface area (Å²) < 4.78 is 18.3. The highest BCUT2D eigenvalue weighted by Crippen LogP contribution is 2.33. The molecular weight excluding hydrogens is 269 g/mol. The molecule has 0 spiro atoms.